The molecule has 0 aliphatic rings. The Morgan fingerprint density at radius 3 is 2.79 bits per heavy atom. The maximum Gasteiger partial charge on any atom is 0.355 e. The van der Waals surface area contributed by atoms with Crippen molar-refractivity contribution in [3.63, 3.8) is 0 Å². The zero-order valence-corrected chi connectivity index (χ0v) is 11.2. The molecule has 0 unspecified atom stereocenters. The van der Waals surface area contributed by atoms with E-state index in [0.29, 0.717) is 6.54 Å². The minimum atomic E-state index is -1.14. The van der Waals surface area contributed by atoms with Gasteiger partial charge in [0.1, 0.15) is 0 Å². The van der Waals surface area contributed by atoms with Crippen LogP contribution in [0.15, 0.2) is 11.6 Å². The number of carbonyl (C=O) groups is 2. The molecular weight excluding hydrogens is 268 g/mol. The summed E-state index contributed by atoms with van der Waals surface area (Å²) in [5.41, 5.74) is 1.63. The van der Waals surface area contributed by atoms with Crippen molar-refractivity contribution in [2.24, 2.45) is 7.05 Å². The molecule has 7 nitrogen and oxygen atoms in total. The summed E-state index contributed by atoms with van der Waals surface area (Å²) >= 11 is 1.01. The van der Waals surface area contributed by atoms with E-state index < -0.39 is 5.97 Å². The van der Waals surface area contributed by atoms with E-state index in [1.807, 2.05) is 13.1 Å². The Morgan fingerprint density at radius 1 is 1.53 bits per heavy atom. The van der Waals surface area contributed by atoms with E-state index in [0.717, 1.165) is 22.6 Å². The van der Waals surface area contributed by atoms with E-state index in [1.54, 1.807) is 11.7 Å². The lowest BCUT2D eigenvalue weighted by atomic mass is 10.2. The summed E-state index contributed by atoms with van der Waals surface area (Å²) in [5.74, 6) is -1.53. The standard InChI is InChI=1S/C11H12N4O3S/c1-6-7(4-15(2)14-6)3-12-9(16)10-13-8(5-19-10)11(17)18/h4-5H,3H2,1-2H3,(H,12,16)(H,17,18). The van der Waals surface area contributed by atoms with Crippen LogP contribution >= 0.6 is 11.3 Å². The quantitative estimate of drug-likeness (QED) is 0.864. The van der Waals surface area contributed by atoms with Gasteiger partial charge in [0.15, 0.2) is 10.7 Å². The third kappa shape index (κ3) is 2.97. The molecule has 0 aromatic carbocycles. The van der Waals surface area contributed by atoms with Crippen LogP contribution in [0.1, 0.15) is 31.5 Å². The first-order valence-corrected chi connectivity index (χ1v) is 6.31. The first-order valence-electron chi connectivity index (χ1n) is 5.43. The van der Waals surface area contributed by atoms with Crippen LogP contribution in [0.5, 0.6) is 0 Å². The summed E-state index contributed by atoms with van der Waals surface area (Å²) in [4.78, 5) is 26.2. The number of aromatic nitrogens is 3. The van der Waals surface area contributed by atoms with E-state index in [-0.39, 0.29) is 16.6 Å². The van der Waals surface area contributed by atoms with Crippen LogP contribution in [-0.2, 0) is 13.6 Å². The largest absolute Gasteiger partial charge is 0.476 e. The highest BCUT2D eigenvalue weighted by Crippen LogP contribution is 2.10. The van der Waals surface area contributed by atoms with E-state index in [1.165, 1.54) is 5.38 Å². The Balaban J connectivity index is 2.01. The predicted octanol–water partition coefficient (Wildman–Crippen LogP) is 0.813. The summed E-state index contributed by atoms with van der Waals surface area (Å²) in [7, 11) is 1.80. The zero-order chi connectivity index (χ0) is 14.0. The number of thiazole rings is 1. The second-order valence-corrected chi connectivity index (χ2v) is 4.80. The third-order valence-electron chi connectivity index (χ3n) is 2.47. The molecule has 8 heteroatoms. The van der Waals surface area contributed by atoms with Gasteiger partial charge in [0.2, 0.25) is 0 Å². The molecule has 1 amide bonds. The van der Waals surface area contributed by atoms with Gasteiger partial charge in [-0.25, -0.2) is 9.78 Å². The van der Waals surface area contributed by atoms with Crippen molar-refractivity contribution < 1.29 is 14.7 Å². The Labute approximate surface area is 112 Å². The fourth-order valence-corrected chi connectivity index (χ4v) is 2.26. The number of amides is 1. The summed E-state index contributed by atoms with van der Waals surface area (Å²) in [5, 5.41) is 17.1. The third-order valence-corrected chi connectivity index (χ3v) is 3.31. The molecule has 2 rings (SSSR count). The van der Waals surface area contributed by atoms with Gasteiger partial charge in [-0.15, -0.1) is 11.3 Å². The lowest BCUT2D eigenvalue weighted by Gasteiger charge is -2.01. The number of nitrogens with one attached hydrogen (secondary N) is 1. The van der Waals surface area contributed by atoms with E-state index in [4.69, 9.17) is 5.11 Å². The first kappa shape index (κ1) is 13.2. The van der Waals surface area contributed by atoms with Crippen molar-refractivity contribution in [3.05, 3.63) is 33.5 Å². The molecule has 0 atom stereocenters. The van der Waals surface area contributed by atoms with Crippen LogP contribution in [0.3, 0.4) is 0 Å². The highest BCUT2D eigenvalue weighted by Gasteiger charge is 2.15. The van der Waals surface area contributed by atoms with Crippen molar-refractivity contribution in [2.45, 2.75) is 13.5 Å². The second kappa shape index (κ2) is 5.19. The van der Waals surface area contributed by atoms with E-state index in [2.05, 4.69) is 15.4 Å². The molecule has 2 aromatic heterocycles. The molecule has 100 valence electrons. The van der Waals surface area contributed by atoms with Crippen molar-refractivity contribution in [2.75, 3.05) is 0 Å². The summed E-state index contributed by atoms with van der Waals surface area (Å²) < 4.78 is 1.67. The van der Waals surface area contributed by atoms with Crippen LogP contribution < -0.4 is 5.32 Å². The van der Waals surface area contributed by atoms with Crippen molar-refractivity contribution in [3.8, 4) is 0 Å². The maximum absolute atomic E-state index is 11.8. The lowest BCUT2D eigenvalue weighted by Crippen LogP contribution is -2.23. The first-order chi connectivity index (χ1) is 8.97. The molecular formula is C11H12N4O3S. The highest BCUT2D eigenvalue weighted by atomic mass is 32.1. The zero-order valence-electron chi connectivity index (χ0n) is 10.4. The van der Waals surface area contributed by atoms with E-state index >= 15 is 0 Å². The van der Waals surface area contributed by atoms with Gasteiger partial charge in [0, 0.05) is 30.7 Å². The molecule has 2 aromatic rings. The number of nitrogens with zero attached hydrogens (tertiary/aromatic N) is 3. The summed E-state index contributed by atoms with van der Waals surface area (Å²) in [6.45, 7) is 2.19. The Morgan fingerprint density at radius 2 is 2.26 bits per heavy atom. The Bertz CT molecular complexity index is 632. The number of carboxylic acid groups (broad SMARTS) is 1. The normalized spacial score (nSPS) is 10.4. The average molecular weight is 280 g/mol. The molecule has 19 heavy (non-hydrogen) atoms. The number of aryl methyl sites for hydroxylation is 2. The molecule has 0 aliphatic heterocycles. The molecule has 0 bridgehead atoms. The van der Waals surface area contributed by atoms with Gasteiger partial charge in [-0.2, -0.15) is 5.10 Å². The molecule has 0 spiro atoms. The molecule has 0 fully saturated rings. The van der Waals surface area contributed by atoms with Crippen LogP contribution in [-0.4, -0.2) is 31.7 Å². The SMILES string of the molecule is Cc1nn(C)cc1CNC(=O)c1nc(C(=O)O)cs1. The fraction of sp³-hybridized carbons (Fsp3) is 0.273. The van der Waals surface area contributed by atoms with Crippen LogP contribution in [0.4, 0.5) is 0 Å². The number of hydrogen-bond acceptors (Lipinski definition) is 5. The van der Waals surface area contributed by atoms with Gasteiger partial charge >= 0.3 is 5.97 Å². The van der Waals surface area contributed by atoms with Crippen LogP contribution in [0, 0.1) is 6.92 Å². The van der Waals surface area contributed by atoms with Crippen molar-refractivity contribution in [1.82, 2.24) is 20.1 Å². The number of hydrogen-bond donors (Lipinski definition) is 2. The molecule has 2 heterocycles. The number of carbonyl (C=O) groups excluding carboxylic acids is 1. The van der Waals surface area contributed by atoms with Crippen LogP contribution in [0.2, 0.25) is 0 Å². The topological polar surface area (TPSA) is 97.1 Å². The van der Waals surface area contributed by atoms with Gasteiger partial charge in [0.05, 0.1) is 5.69 Å². The number of rotatable bonds is 4. The number of carboxylic acids is 1. The van der Waals surface area contributed by atoms with Gasteiger partial charge in [-0.05, 0) is 6.92 Å². The van der Waals surface area contributed by atoms with E-state index in [9.17, 15) is 9.59 Å². The van der Waals surface area contributed by atoms with Gasteiger partial charge in [0.25, 0.3) is 5.91 Å². The average Bonchev–Trinajstić information content (AvgIpc) is 2.93. The molecule has 0 saturated carbocycles. The fourth-order valence-electron chi connectivity index (χ4n) is 1.55. The summed E-state index contributed by atoms with van der Waals surface area (Å²) in [6, 6.07) is 0. The highest BCUT2D eigenvalue weighted by molar-refractivity contribution is 7.11. The maximum atomic E-state index is 11.8. The predicted molar refractivity (Wildman–Crippen MR) is 68.2 cm³/mol. The number of aromatic carboxylic acids is 1. The minimum Gasteiger partial charge on any atom is -0.476 e. The van der Waals surface area contributed by atoms with Crippen molar-refractivity contribution in [1.29, 1.82) is 0 Å². The Kier molecular flexibility index (Phi) is 3.61. The molecule has 0 saturated heterocycles. The minimum absolute atomic E-state index is 0.118. The monoisotopic (exact) mass is 280 g/mol. The van der Waals surface area contributed by atoms with Gasteiger partial charge < -0.3 is 10.4 Å². The second-order valence-electron chi connectivity index (χ2n) is 3.94. The summed E-state index contributed by atoms with van der Waals surface area (Å²) in [6.07, 6.45) is 1.82. The van der Waals surface area contributed by atoms with Crippen molar-refractivity contribution >= 4 is 23.2 Å². The van der Waals surface area contributed by atoms with Gasteiger partial charge in [-0.1, -0.05) is 0 Å². The smallest absolute Gasteiger partial charge is 0.355 e. The Hall–Kier alpha value is -2.22. The van der Waals surface area contributed by atoms with Gasteiger partial charge in [-0.3, -0.25) is 9.48 Å². The lowest BCUT2D eigenvalue weighted by molar-refractivity contribution is 0.0691. The molecule has 0 radical (unpaired) electrons. The van der Waals surface area contributed by atoms with Crippen LogP contribution in [0.25, 0.3) is 0 Å². The molecule has 0 aliphatic carbocycles. The molecule has 2 N–H and O–H groups in total.